The summed E-state index contributed by atoms with van der Waals surface area (Å²) in [5, 5.41) is 0. The van der Waals surface area contributed by atoms with E-state index in [0.717, 1.165) is 24.2 Å². The van der Waals surface area contributed by atoms with Gasteiger partial charge < -0.3 is 10.6 Å². The molecule has 2 aromatic rings. The van der Waals surface area contributed by atoms with Gasteiger partial charge in [-0.15, -0.1) is 0 Å². The summed E-state index contributed by atoms with van der Waals surface area (Å²) >= 11 is 0. The zero-order valence-corrected chi connectivity index (χ0v) is 12.3. The van der Waals surface area contributed by atoms with Gasteiger partial charge in [0.15, 0.2) is 0 Å². The molecule has 21 heavy (non-hydrogen) atoms. The Hall–Kier alpha value is -2.29. The zero-order valence-electron chi connectivity index (χ0n) is 12.3. The summed E-state index contributed by atoms with van der Waals surface area (Å²) in [6.45, 7) is 3.52. The topological polar surface area (TPSA) is 46.3 Å². The molecule has 0 fully saturated rings. The van der Waals surface area contributed by atoms with E-state index >= 15 is 0 Å². The molecular formula is C18H20N2O. The summed E-state index contributed by atoms with van der Waals surface area (Å²) in [4.78, 5) is 14.4. The fraction of sp³-hybridized carbons (Fsp3) is 0.278. The Kier molecular flexibility index (Phi) is 3.65. The van der Waals surface area contributed by atoms with Crippen LogP contribution in [-0.2, 0) is 24.2 Å². The molecule has 0 unspecified atom stereocenters. The number of aryl methyl sites for hydroxylation is 1. The number of carbonyl (C=O) groups is 1. The quantitative estimate of drug-likeness (QED) is 0.860. The van der Waals surface area contributed by atoms with E-state index in [-0.39, 0.29) is 5.91 Å². The second-order valence-electron chi connectivity index (χ2n) is 5.76. The Bertz CT molecular complexity index is 661. The number of anilines is 1. The van der Waals surface area contributed by atoms with E-state index in [0.29, 0.717) is 13.0 Å². The van der Waals surface area contributed by atoms with Crippen LogP contribution in [0.4, 0.5) is 5.69 Å². The second-order valence-corrected chi connectivity index (χ2v) is 5.76. The van der Waals surface area contributed by atoms with Gasteiger partial charge in [0.05, 0.1) is 6.42 Å². The first-order valence-corrected chi connectivity index (χ1v) is 7.32. The van der Waals surface area contributed by atoms with Gasteiger partial charge in [0, 0.05) is 18.8 Å². The molecule has 3 rings (SSSR count). The zero-order chi connectivity index (χ0) is 14.8. The molecule has 0 bridgehead atoms. The number of hydrogen-bond acceptors (Lipinski definition) is 2. The Morgan fingerprint density at radius 1 is 1.14 bits per heavy atom. The minimum atomic E-state index is 0.187. The molecule has 0 radical (unpaired) electrons. The maximum atomic E-state index is 12.4. The van der Waals surface area contributed by atoms with Crippen molar-refractivity contribution in [2.75, 3.05) is 12.3 Å². The molecule has 1 amide bonds. The molecule has 0 aromatic heterocycles. The molecule has 0 saturated heterocycles. The molecule has 2 aromatic carbocycles. The summed E-state index contributed by atoms with van der Waals surface area (Å²) in [5.74, 6) is 0.187. The lowest BCUT2D eigenvalue weighted by atomic mass is 9.98. The van der Waals surface area contributed by atoms with Crippen molar-refractivity contribution in [1.29, 1.82) is 0 Å². The Labute approximate surface area is 125 Å². The van der Waals surface area contributed by atoms with E-state index in [1.54, 1.807) is 0 Å². The maximum Gasteiger partial charge on any atom is 0.227 e. The molecule has 1 aliphatic heterocycles. The van der Waals surface area contributed by atoms with Gasteiger partial charge in [0.25, 0.3) is 0 Å². The van der Waals surface area contributed by atoms with Crippen molar-refractivity contribution >= 4 is 11.6 Å². The highest BCUT2D eigenvalue weighted by Crippen LogP contribution is 2.22. The first-order chi connectivity index (χ1) is 10.1. The van der Waals surface area contributed by atoms with Gasteiger partial charge in [-0.25, -0.2) is 0 Å². The third-order valence-corrected chi connectivity index (χ3v) is 4.07. The molecule has 3 nitrogen and oxygen atoms in total. The number of fused-ring (bicyclic) bond motifs is 1. The lowest BCUT2D eigenvalue weighted by Crippen LogP contribution is -2.36. The van der Waals surface area contributed by atoms with Crippen molar-refractivity contribution in [3.05, 3.63) is 64.7 Å². The minimum Gasteiger partial charge on any atom is -0.399 e. The van der Waals surface area contributed by atoms with Crippen LogP contribution in [-0.4, -0.2) is 17.4 Å². The van der Waals surface area contributed by atoms with E-state index < -0.39 is 0 Å². The number of rotatable bonds is 2. The van der Waals surface area contributed by atoms with E-state index in [9.17, 15) is 4.79 Å². The summed E-state index contributed by atoms with van der Waals surface area (Å²) in [5.41, 5.74) is 11.4. The normalized spacial score (nSPS) is 13.9. The highest BCUT2D eigenvalue weighted by atomic mass is 16.2. The average Bonchev–Trinajstić information content (AvgIpc) is 2.48. The Balaban J connectivity index is 1.70. The third-order valence-electron chi connectivity index (χ3n) is 4.07. The SMILES string of the molecule is Cc1ccc(CC(=O)N2CCc3ccc(N)cc3C2)cc1. The molecule has 0 aliphatic carbocycles. The Morgan fingerprint density at radius 2 is 1.90 bits per heavy atom. The fourth-order valence-corrected chi connectivity index (χ4v) is 2.78. The predicted octanol–water partition coefficient (Wildman–Crippen LogP) is 2.70. The van der Waals surface area contributed by atoms with Gasteiger partial charge in [-0.1, -0.05) is 35.9 Å². The van der Waals surface area contributed by atoms with Crippen LogP contribution < -0.4 is 5.73 Å². The number of hydrogen-bond donors (Lipinski definition) is 1. The molecule has 2 N–H and O–H groups in total. The highest BCUT2D eigenvalue weighted by molar-refractivity contribution is 5.79. The number of nitrogens with zero attached hydrogens (tertiary/aromatic N) is 1. The number of amides is 1. The average molecular weight is 280 g/mol. The molecule has 1 aliphatic rings. The van der Waals surface area contributed by atoms with Gasteiger partial charge in [-0.3, -0.25) is 4.79 Å². The van der Waals surface area contributed by atoms with Crippen LogP contribution in [0.5, 0.6) is 0 Å². The molecular weight excluding hydrogens is 260 g/mol. The standard InChI is InChI=1S/C18H20N2O/c1-13-2-4-14(5-3-13)10-18(21)20-9-8-15-6-7-17(19)11-16(15)12-20/h2-7,11H,8-10,12,19H2,1H3. The van der Waals surface area contributed by atoms with Crippen LogP contribution in [0.2, 0.25) is 0 Å². The summed E-state index contributed by atoms with van der Waals surface area (Å²) in [6.07, 6.45) is 1.38. The van der Waals surface area contributed by atoms with E-state index in [1.807, 2.05) is 29.2 Å². The molecule has 108 valence electrons. The molecule has 0 atom stereocenters. The van der Waals surface area contributed by atoms with Gasteiger partial charge in [-0.2, -0.15) is 0 Å². The predicted molar refractivity (Wildman–Crippen MR) is 84.9 cm³/mol. The number of benzene rings is 2. The largest absolute Gasteiger partial charge is 0.399 e. The first kappa shape index (κ1) is 13.7. The van der Waals surface area contributed by atoms with E-state index in [1.165, 1.54) is 16.7 Å². The smallest absolute Gasteiger partial charge is 0.227 e. The van der Waals surface area contributed by atoms with Gasteiger partial charge in [0.2, 0.25) is 5.91 Å². The van der Waals surface area contributed by atoms with Gasteiger partial charge in [0.1, 0.15) is 0 Å². The second kappa shape index (κ2) is 5.60. The molecule has 3 heteroatoms. The summed E-state index contributed by atoms with van der Waals surface area (Å²) < 4.78 is 0. The van der Waals surface area contributed by atoms with Crippen molar-refractivity contribution in [2.45, 2.75) is 26.3 Å². The van der Waals surface area contributed by atoms with Crippen LogP contribution in [0.3, 0.4) is 0 Å². The van der Waals surface area contributed by atoms with Crippen molar-refractivity contribution in [1.82, 2.24) is 4.90 Å². The molecule has 0 saturated carbocycles. The van der Waals surface area contributed by atoms with Crippen LogP contribution in [0.15, 0.2) is 42.5 Å². The van der Waals surface area contributed by atoms with Crippen molar-refractivity contribution in [3.8, 4) is 0 Å². The fourth-order valence-electron chi connectivity index (χ4n) is 2.78. The van der Waals surface area contributed by atoms with Crippen LogP contribution in [0, 0.1) is 6.92 Å². The number of nitrogen functional groups attached to an aromatic ring is 1. The van der Waals surface area contributed by atoms with Crippen molar-refractivity contribution in [2.24, 2.45) is 0 Å². The number of nitrogens with two attached hydrogens (primary N) is 1. The van der Waals surface area contributed by atoms with E-state index in [4.69, 9.17) is 5.73 Å². The van der Waals surface area contributed by atoms with Crippen LogP contribution in [0.25, 0.3) is 0 Å². The minimum absolute atomic E-state index is 0.187. The van der Waals surface area contributed by atoms with Crippen molar-refractivity contribution in [3.63, 3.8) is 0 Å². The Morgan fingerprint density at radius 3 is 2.67 bits per heavy atom. The molecule has 0 spiro atoms. The third kappa shape index (κ3) is 3.07. The highest BCUT2D eigenvalue weighted by Gasteiger charge is 2.20. The van der Waals surface area contributed by atoms with Crippen LogP contribution >= 0.6 is 0 Å². The maximum absolute atomic E-state index is 12.4. The first-order valence-electron chi connectivity index (χ1n) is 7.32. The summed E-state index contributed by atoms with van der Waals surface area (Å²) in [6, 6.07) is 14.2. The van der Waals surface area contributed by atoms with Gasteiger partial charge >= 0.3 is 0 Å². The summed E-state index contributed by atoms with van der Waals surface area (Å²) in [7, 11) is 0. The monoisotopic (exact) mass is 280 g/mol. The van der Waals surface area contributed by atoms with E-state index in [2.05, 4.69) is 25.1 Å². The van der Waals surface area contributed by atoms with Crippen LogP contribution in [0.1, 0.15) is 22.3 Å². The molecule has 1 heterocycles. The lowest BCUT2D eigenvalue weighted by molar-refractivity contribution is -0.131. The number of carbonyl (C=O) groups excluding carboxylic acids is 1. The lowest BCUT2D eigenvalue weighted by Gasteiger charge is -2.29. The van der Waals surface area contributed by atoms with Gasteiger partial charge in [-0.05, 0) is 42.2 Å². The van der Waals surface area contributed by atoms with Crippen molar-refractivity contribution < 1.29 is 4.79 Å².